The molecule has 1 aliphatic heterocycles. The van der Waals surface area contributed by atoms with Crippen LogP contribution in [0.2, 0.25) is 0 Å². The van der Waals surface area contributed by atoms with Crippen molar-refractivity contribution in [1.82, 2.24) is 4.90 Å². The van der Waals surface area contributed by atoms with Gasteiger partial charge in [0.1, 0.15) is 6.04 Å². The van der Waals surface area contributed by atoms with Gasteiger partial charge in [-0.2, -0.15) is 0 Å². The van der Waals surface area contributed by atoms with Gasteiger partial charge < -0.3 is 10.4 Å². The number of nitrogens with zero attached hydrogens (tertiary/aromatic N) is 1. The van der Waals surface area contributed by atoms with Gasteiger partial charge in [0, 0.05) is 18.8 Å². The van der Waals surface area contributed by atoms with Gasteiger partial charge in [0.05, 0.1) is 0 Å². The standard InChI is InChI=1S/C21H26N2O2/c1-15-8-9-16(2)19(12-15)22-21(25)20(18-6-4-3-5-7-18)23-11-10-17(13-23)14-24/h3-9,12,17,20,24H,10-11,13-14H2,1-2H3,(H,22,25)/t17-,20-/m1/s1. The van der Waals surface area contributed by atoms with E-state index in [4.69, 9.17) is 0 Å². The molecule has 4 nitrogen and oxygen atoms in total. The van der Waals surface area contributed by atoms with Gasteiger partial charge in [-0.3, -0.25) is 9.69 Å². The second kappa shape index (κ2) is 7.81. The van der Waals surface area contributed by atoms with E-state index in [1.165, 1.54) is 0 Å². The maximum atomic E-state index is 13.1. The van der Waals surface area contributed by atoms with Crippen LogP contribution in [0.15, 0.2) is 48.5 Å². The van der Waals surface area contributed by atoms with Crippen molar-refractivity contribution in [3.8, 4) is 0 Å². The van der Waals surface area contributed by atoms with Crippen molar-refractivity contribution < 1.29 is 9.90 Å². The van der Waals surface area contributed by atoms with Gasteiger partial charge in [0.2, 0.25) is 5.91 Å². The van der Waals surface area contributed by atoms with Crippen LogP contribution < -0.4 is 5.32 Å². The third kappa shape index (κ3) is 4.09. The first-order valence-electron chi connectivity index (χ1n) is 8.86. The van der Waals surface area contributed by atoms with E-state index in [1.807, 2.05) is 62.4 Å². The normalized spacial score (nSPS) is 18.9. The average Bonchev–Trinajstić information content (AvgIpc) is 3.08. The lowest BCUT2D eigenvalue weighted by molar-refractivity contribution is -0.121. The lowest BCUT2D eigenvalue weighted by Crippen LogP contribution is -2.36. The zero-order valence-corrected chi connectivity index (χ0v) is 14.9. The topological polar surface area (TPSA) is 52.6 Å². The molecular formula is C21H26N2O2. The van der Waals surface area contributed by atoms with E-state index in [0.29, 0.717) is 0 Å². The fourth-order valence-electron chi connectivity index (χ4n) is 3.48. The SMILES string of the molecule is Cc1ccc(C)c(NC(=O)[C@@H](c2ccccc2)N2CC[C@@H](CO)C2)c1. The summed E-state index contributed by atoms with van der Waals surface area (Å²) in [4.78, 5) is 15.3. The van der Waals surface area contributed by atoms with Crippen molar-refractivity contribution in [2.45, 2.75) is 26.3 Å². The number of amides is 1. The van der Waals surface area contributed by atoms with Gasteiger partial charge >= 0.3 is 0 Å². The molecule has 1 saturated heterocycles. The van der Waals surface area contributed by atoms with Gasteiger partial charge in [-0.15, -0.1) is 0 Å². The summed E-state index contributed by atoms with van der Waals surface area (Å²) in [6.45, 7) is 5.78. The molecule has 4 heteroatoms. The predicted molar refractivity (Wildman–Crippen MR) is 100 cm³/mol. The number of aliphatic hydroxyl groups excluding tert-OH is 1. The number of rotatable bonds is 5. The largest absolute Gasteiger partial charge is 0.396 e. The van der Waals surface area contributed by atoms with Crippen LogP contribution in [0.1, 0.15) is 29.2 Å². The van der Waals surface area contributed by atoms with Crippen molar-refractivity contribution in [3.63, 3.8) is 0 Å². The van der Waals surface area contributed by atoms with Crippen LogP contribution in [-0.2, 0) is 4.79 Å². The number of likely N-dealkylation sites (tertiary alicyclic amines) is 1. The van der Waals surface area contributed by atoms with Crippen LogP contribution in [-0.4, -0.2) is 35.6 Å². The number of carbonyl (C=O) groups excluding carboxylic acids is 1. The van der Waals surface area contributed by atoms with E-state index >= 15 is 0 Å². The Morgan fingerprint density at radius 3 is 2.68 bits per heavy atom. The fraction of sp³-hybridized carbons (Fsp3) is 0.381. The van der Waals surface area contributed by atoms with Crippen molar-refractivity contribution >= 4 is 11.6 Å². The molecule has 1 heterocycles. The Balaban J connectivity index is 1.86. The molecule has 0 aliphatic carbocycles. The van der Waals surface area contributed by atoms with E-state index in [2.05, 4.69) is 10.2 Å². The number of aliphatic hydroxyl groups is 1. The number of anilines is 1. The van der Waals surface area contributed by atoms with Crippen LogP contribution in [0.4, 0.5) is 5.69 Å². The highest BCUT2D eigenvalue weighted by molar-refractivity contribution is 5.96. The molecule has 0 spiro atoms. The first-order valence-corrected chi connectivity index (χ1v) is 8.86. The highest BCUT2D eigenvalue weighted by Gasteiger charge is 2.33. The zero-order valence-electron chi connectivity index (χ0n) is 14.9. The molecule has 0 aromatic heterocycles. The molecule has 2 aromatic carbocycles. The number of hydrogen-bond donors (Lipinski definition) is 2. The summed E-state index contributed by atoms with van der Waals surface area (Å²) in [5.41, 5.74) is 4.03. The van der Waals surface area contributed by atoms with Crippen molar-refractivity contribution in [1.29, 1.82) is 0 Å². The molecular weight excluding hydrogens is 312 g/mol. The fourth-order valence-corrected chi connectivity index (χ4v) is 3.48. The molecule has 0 bridgehead atoms. The molecule has 2 N–H and O–H groups in total. The average molecular weight is 338 g/mol. The number of nitrogens with one attached hydrogen (secondary N) is 1. The summed E-state index contributed by atoms with van der Waals surface area (Å²) < 4.78 is 0. The summed E-state index contributed by atoms with van der Waals surface area (Å²) in [5.74, 6) is 0.234. The molecule has 3 rings (SSSR count). The van der Waals surface area contributed by atoms with Gasteiger partial charge in [0.15, 0.2) is 0 Å². The Morgan fingerprint density at radius 1 is 1.24 bits per heavy atom. The molecule has 132 valence electrons. The summed E-state index contributed by atoms with van der Waals surface area (Å²) in [6.07, 6.45) is 0.927. The minimum Gasteiger partial charge on any atom is -0.396 e. The van der Waals surface area contributed by atoms with E-state index in [0.717, 1.165) is 41.9 Å². The first-order chi connectivity index (χ1) is 12.1. The number of aryl methyl sites for hydroxylation is 2. The van der Waals surface area contributed by atoms with Crippen LogP contribution in [0.5, 0.6) is 0 Å². The van der Waals surface area contributed by atoms with Crippen LogP contribution in [0.3, 0.4) is 0 Å². The maximum absolute atomic E-state index is 13.1. The Morgan fingerprint density at radius 2 is 2.00 bits per heavy atom. The third-order valence-corrected chi connectivity index (χ3v) is 4.96. The summed E-state index contributed by atoms with van der Waals surface area (Å²) in [5, 5.41) is 12.6. The van der Waals surface area contributed by atoms with Gasteiger partial charge in [-0.25, -0.2) is 0 Å². The second-order valence-electron chi connectivity index (χ2n) is 6.95. The minimum absolute atomic E-state index is 0.0153. The number of benzene rings is 2. The highest BCUT2D eigenvalue weighted by Crippen LogP contribution is 2.29. The predicted octanol–water partition coefficient (Wildman–Crippen LogP) is 3.30. The Bertz CT molecular complexity index is 730. The van der Waals surface area contributed by atoms with Gasteiger partial charge in [0.25, 0.3) is 0 Å². The van der Waals surface area contributed by atoms with E-state index < -0.39 is 0 Å². The Labute approximate surface area is 149 Å². The smallest absolute Gasteiger partial charge is 0.246 e. The maximum Gasteiger partial charge on any atom is 0.246 e. The summed E-state index contributed by atoms with van der Waals surface area (Å²) in [6, 6.07) is 15.6. The Hall–Kier alpha value is -2.17. The molecule has 0 saturated carbocycles. The first kappa shape index (κ1) is 17.6. The molecule has 0 radical (unpaired) electrons. The summed E-state index contributed by atoms with van der Waals surface area (Å²) in [7, 11) is 0. The lowest BCUT2D eigenvalue weighted by atomic mass is 10.0. The summed E-state index contributed by atoms with van der Waals surface area (Å²) >= 11 is 0. The van der Waals surface area contributed by atoms with Gasteiger partial charge in [-0.05, 0) is 55.5 Å². The monoisotopic (exact) mass is 338 g/mol. The molecule has 1 amide bonds. The molecule has 2 aromatic rings. The van der Waals surface area contributed by atoms with Crippen LogP contribution in [0.25, 0.3) is 0 Å². The van der Waals surface area contributed by atoms with Crippen LogP contribution >= 0.6 is 0 Å². The zero-order chi connectivity index (χ0) is 17.8. The van der Waals surface area contributed by atoms with Crippen LogP contribution in [0, 0.1) is 19.8 Å². The van der Waals surface area contributed by atoms with Crippen molar-refractivity contribution in [3.05, 3.63) is 65.2 Å². The van der Waals surface area contributed by atoms with Gasteiger partial charge in [-0.1, -0.05) is 42.5 Å². The quantitative estimate of drug-likeness (QED) is 0.879. The van der Waals surface area contributed by atoms with E-state index in [9.17, 15) is 9.90 Å². The van der Waals surface area contributed by atoms with E-state index in [-0.39, 0.29) is 24.5 Å². The molecule has 1 aliphatic rings. The number of carbonyl (C=O) groups is 1. The third-order valence-electron chi connectivity index (χ3n) is 4.96. The Kier molecular flexibility index (Phi) is 5.51. The lowest BCUT2D eigenvalue weighted by Gasteiger charge is -2.27. The highest BCUT2D eigenvalue weighted by atomic mass is 16.3. The molecule has 25 heavy (non-hydrogen) atoms. The second-order valence-corrected chi connectivity index (χ2v) is 6.95. The minimum atomic E-state index is -0.335. The molecule has 1 fully saturated rings. The van der Waals surface area contributed by atoms with E-state index in [1.54, 1.807) is 0 Å². The van der Waals surface area contributed by atoms with Crippen molar-refractivity contribution in [2.75, 3.05) is 25.0 Å². The number of hydrogen-bond acceptors (Lipinski definition) is 3. The molecule has 2 atom stereocenters. The van der Waals surface area contributed by atoms with Crippen molar-refractivity contribution in [2.24, 2.45) is 5.92 Å². The molecule has 0 unspecified atom stereocenters.